The van der Waals surface area contributed by atoms with Crippen LogP contribution in [-0.4, -0.2) is 25.8 Å². The third kappa shape index (κ3) is 2.77. The molecule has 3 nitrogen and oxygen atoms in total. The third-order valence-corrected chi connectivity index (χ3v) is 7.85. The highest BCUT2D eigenvalue weighted by Gasteiger charge is 2.33. The van der Waals surface area contributed by atoms with Crippen LogP contribution in [0.3, 0.4) is 0 Å². The average Bonchev–Trinajstić information content (AvgIpc) is 2.95. The summed E-state index contributed by atoms with van der Waals surface area (Å²) in [5.41, 5.74) is 0. The molecule has 2 rings (SSSR count). The van der Waals surface area contributed by atoms with Crippen LogP contribution in [0.1, 0.15) is 24.6 Å². The largest absolute Gasteiger partial charge is 0.245 e. The Labute approximate surface area is 125 Å². The summed E-state index contributed by atoms with van der Waals surface area (Å²) in [7, 11) is -3.36. The van der Waals surface area contributed by atoms with E-state index in [2.05, 4.69) is 22.9 Å². The molecule has 1 aromatic rings. The second kappa shape index (κ2) is 5.79. The summed E-state index contributed by atoms with van der Waals surface area (Å²) in [6.45, 7) is 3.36. The monoisotopic (exact) mass is 371 g/mol. The molecule has 7 heteroatoms. The Morgan fingerprint density at radius 1 is 1.61 bits per heavy atom. The van der Waals surface area contributed by atoms with Crippen LogP contribution in [0.15, 0.2) is 14.7 Å². The predicted octanol–water partition coefficient (Wildman–Crippen LogP) is 3.67. The summed E-state index contributed by atoms with van der Waals surface area (Å²) in [6, 6.07) is 1.68. The number of halogens is 2. The van der Waals surface area contributed by atoms with E-state index in [9.17, 15) is 8.42 Å². The van der Waals surface area contributed by atoms with Crippen molar-refractivity contribution >= 4 is 48.9 Å². The van der Waals surface area contributed by atoms with Gasteiger partial charge in [0.1, 0.15) is 4.90 Å². The van der Waals surface area contributed by atoms with Gasteiger partial charge in [0.25, 0.3) is 0 Å². The van der Waals surface area contributed by atoms with Gasteiger partial charge < -0.3 is 0 Å². The third-order valence-electron chi connectivity index (χ3n) is 3.28. The van der Waals surface area contributed by atoms with E-state index < -0.39 is 10.0 Å². The Kier molecular flexibility index (Phi) is 4.75. The van der Waals surface area contributed by atoms with Gasteiger partial charge in [0.2, 0.25) is 10.0 Å². The Bertz CT molecular complexity index is 529. The van der Waals surface area contributed by atoms with E-state index in [0.717, 1.165) is 17.7 Å². The van der Waals surface area contributed by atoms with E-state index in [4.69, 9.17) is 11.6 Å². The average molecular weight is 373 g/mol. The van der Waals surface area contributed by atoms with Gasteiger partial charge in [-0.1, -0.05) is 13.3 Å². The summed E-state index contributed by atoms with van der Waals surface area (Å²) in [5.74, 6) is 0.834. The zero-order valence-corrected chi connectivity index (χ0v) is 14.0. The number of sulfonamides is 1. The fourth-order valence-electron chi connectivity index (χ4n) is 2.13. The van der Waals surface area contributed by atoms with Gasteiger partial charge in [-0.25, -0.2) is 8.42 Å². The maximum absolute atomic E-state index is 12.5. The molecule has 1 atom stereocenters. The van der Waals surface area contributed by atoms with Gasteiger partial charge in [0, 0.05) is 18.0 Å². The predicted molar refractivity (Wildman–Crippen MR) is 78.7 cm³/mol. The molecule has 0 radical (unpaired) electrons. The molecule has 18 heavy (non-hydrogen) atoms. The minimum Gasteiger partial charge on any atom is -0.207 e. The van der Waals surface area contributed by atoms with Crippen molar-refractivity contribution in [1.82, 2.24) is 4.31 Å². The molecule has 0 bridgehead atoms. The number of hydrogen-bond donors (Lipinski definition) is 0. The van der Waals surface area contributed by atoms with Gasteiger partial charge in [0.15, 0.2) is 0 Å². The zero-order valence-electron chi connectivity index (χ0n) is 10.0. The second-order valence-electron chi connectivity index (χ2n) is 4.41. The first-order valence-electron chi connectivity index (χ1n) is 5.83. The SMILES string of the molecule is CCC1CCN(S(=O)(=O)c2cc(CCl)sc2Br)C1. The Balaban J connectivity index is 2.28. The summed E-state index contributed by atoms with van der Waals surface area (Å²) < 4.78 is 27.3. The summed E-state index contributed by atoms with van der Waals surface area (Å²) >= 11 is 10.5. The quantitative estimate of drug-likeness (QED) is 0.756. The van der Waals surface area contributed by atoms with Gasteiger partial charge in [-0.3, -0.25) is 0 Å². The summed E-state index contributed by atoms with van der Waals surface area (Å²) in [6.07, 6.45) is 1.99. The maximum Gasteiger partial charge on any atom is 0.245 e. The van der Waals surface area contributed by atoms with Crippen molar-refractivity contribution in [2.45, 2.75) is 30.5 Å². The van der Waals surface area contributed by atoms with Crippen LogP contribution in [0.4, 0.5) is 0 Å². The molecule has 1 fully saturated rings. The van der Waals surface area contributed by atoms with Crippen molar-refractivity contribution < 1.29 is 8.42 Å². The molecule has 0 amide bonds. The van der Waals surface area contributed by atoms with Crippen LogP contribution in [0.25, 0.3) is 0 Å². The number of hydrogen-bond acceptors (Lipinski definition) is 3. The molecule has 0 N–H and O–H groups in total. The van der Waals surface area contributed by atoms with Crippen LogP contribution in [0.2, 0.25) is 0 Å². The molecular formula is C11H15BrClNO2S2. The molecule has 0 saturated carbocycles. The highest BCUT2D eigenvalue weighted by molar-refractivity contribution is 9.11. The van der Waals surface area contributed by atoms with E-state index >= 15 is 0 Å². The fraction of sp³-hybridized carbons (Fsp3) is 0.636. The first kappa shape index (κ1) is 14.8. The van der Waals surface area contributed by atoms with E-state index in [0.29, 0.717) is 33.6 Å². The van der Waals surface area contributed by atoms with Gasteiger partial charge in [-0.05, 0) is 34.3 Å². The topological polar surface area (TPSA) is 37.4 Å². The highest BCUT2D eigenvalue weighted by Crippen LogP contribution is 2.36. The molecule has 102 valence electrons. The molecule has 2 heterocycles. The van der Waals surface area contributed by atoms with Crippen molar-refractivity contribution in [2.24, 2.45) is 5.92 Å². The van der Waals surface area contributed by atoms with Crippen molar-refractivity contribution in [3.05, 3.63) is 14.7 Å². The number of alkyl halides is 1. The first-order valence-corrected chi connectivity index (χ1v) is 9.41. The number of nitrogens with zero attached hydrogens (tertiary/aromatic N) is 1. The zero-order chi connectivity index (χ0) is 13.3. The van der Waals surface area contributed by atoms with E-state index in [1.165, 1.54) is 11.3 Å². The molecule has 0 aromatic carbocycles. The highest BCUT2D eigenvalue weighted by atomic mass is 79.9. The minimum atomic E-state index is -3.36. The molecular weight excluding hydrogens is 358 g/mol. The first-order chi connectivity index (χ1) is 8.48. The van der Waals surface area contributed by atoms with Gasteiger partial charge in [0.05, 0.1) is 9.67 Å². The van der Waals surface area contributed by atoms with Crippen LogP contribution in [0, 0.1) is 5.92 Å². The van der Waals surface area contributed by atoms with Gasteiger partial charge in [-0.15, -0.1) is 22.9 Å². The molecule has 0 aliphatic carbocycles. The molecule has 1 unspecified atom stereocenters. The smallest absolute Gasteiger partial charge is 0.207 e. The summed E-state index contributed by atoms with van der Waals surface area (Å²) in [5, 5.41) is 0. The van der Waals surface area contributed by atoms with Gasteiger partial charge in [-0.2, -0.15) is 4.31 Å². The lowest BCUT2D eigenvalue weighted by Crippen LogP contribution is -2.28. The normalized spacial score (nSPS) is 21.6. The van der Waals surface area contributed by atoms with Crippen molar-refractivity contribution in [3.63, 3.8) is 0 Å². The van der Waals surface area contributed by atoms with Crippen LogP contribution in [-0.2, 0) is 15.9 Å². The van der Waals surface area contributed by atoms with Crippen LogP contribution in [0.5, 0.6) is 0 Å². The van der Waals surface area contributed by atoms with Crippen LogP contribution >= 0.6 is 38.9 Å². The van der Waals surface area contributed by atoms with Crippen LogP contribution < -0.4 is 0 Å². The number of rotatable bonds is 4. The standard InChI is InChI=1S/C11H15BrClNO2S2/c1-2-8-3-4-14(7-8)18(15,16)10-5-9(6-13)17-11(10)12/h5,8H,2-4,6-7H2,1H3. The minimum absolute atomic E-state index is 0.344. The second-order valence-corrected chi connectivity index (χ2v) is 9.04. The molecule has 1 aliphatic heterocycles. The lowest BCUT2D eigenvalue weighted by Gasteiger charge is -2.15. The Morgan fingerprint density at radius 3 is 2.83 bits per heavy atom. The maximum atomic E-state index is 12.5. The molecule has 1 aliphatic rings. The van der Waals surface area contributed by atoms with E-state index in [-0.39, 0.29) is 0 Å². The van der Waals surface area contributed by atoms with E-state index in [1.54, 1.807) is 10.4 Å². The lowest BCUT2D eigenvalue weighted by atomic mass is 10.1. The molecule has 0 spiro atoms. The van der Waals surface area contributed by atoms with Crippen molar-refractivity contribution in [1.29, 1.82) is 0 Å². The van der Waals surface area contributed by atoms with E-state index in [1.807, 2.05) is 0 Å². The number of thiophene rings is 1. The van der Waals surface area contributed by atoms with Crippen molar-refractivity contribution in [3.8, 4) is 0 Å². The van der Waals surface area contributed by atoms with Crippen molar-refractivity contribution in [2.75, 3.05) is 13.1 Å². The molecule has 1 saturated heterocycles. The Morgan fingerprint density at radius 2 is 2.33 bits per heavy atom. The Hall–Kier alpha value is 0.380. The fourth-order valence-corrected chi connectivity index (χ4v) is 6.38. The summed E-state index contributed by atoms with van der Waals surface area (Å²) in [4.78, 5) is 1.23. The van der Waals surface area contributed by atoms with Gasteiger partial charge >= 0.3 is 0 Å². The molecule has 1 aromatic heterocycles. The lowest BCUT2D eigenvalue weighted by molar-refractivity contribution is 0.453.